The molecule has 14 heavy (non-hydrogen) atoms. The van der Waals surface area contributed by atoms with E-state index in [0.29, 0.717) is 6.42 Å². The lowest BCUT2D eigenvalue weighted by molar-refractivity contribution is 1.32. The van der Waals surface area contributed by atoms with Crippen molar-refractivity contribution < 1.29 is 0 Å². The second kappa shape index (κ2) is 4.17. The van der Waals surface area contributed by atoms with Gasteiger partial charge in [-0.05, 0) is 56.0 Å². The van der Waals surface area contributed by atoms with Gasteiger partial charge in [-0.2, -0.15) is 5.26 Å². The van der Waals surface area contributed by atoms with Crippen LogP contribution in [-0.4, -0.2) is 0 Å². The van der Waals surface area contributed by atoms with Gasteiger partial charge in [0.05, 0.1) is 12.5 Å². The summed E-state index contributed by atoms with van der Waals surface area (Å²) in [6, 6.07) is 8.44. The van der Waals surface area contributed by atoms with Crippen molar-refractivity contribution in [3.63, 3.8) is 0 Å². The van der Waals surface area contributed by atoms with Crippen LogP contribution in [0.25, 0.3) is 10.1 Å². The Hall–Kier alpha value is -0.120. The molecule has 0 bridgehead atoms. The summed E-state index contributed by atoms with van der Waals surface area (Å²) in [5, 5.41) is 9.83. The standard InChI is InChI=1S/C10H5BrINS/c11-9-8(12)2-1-6-5-7(3-4-13)14-10(6)9/h1-2,5H,3H2. The molecule has 4 heteroatoms. The van der Waals surface area contributed by atoms with Crippen LogP contribution in [0.1, 0.15) is 4.88 Å². The Balaban J connectivity index is 2.66. The first-order valence-electron chi connectivity index (χ1n) is 3.95. The summed E-state index contributed by atoms with van der Waals surface area (Å²) in [5.41, 5.74) is 0. The third-order valence-electron chi connectivity index (χ3n) is 1.88. The normalized spacial score (nSPS) is 10.4. The molecule has 0 aliphatic heterocycles. The SMILES string of the molecule is N#CCc1cc2ccc(I)c(Br)c2s1. The Kier molecular flexibility index (Phi) is 3.10. The van der Waals surface area contributed by atoms with Gasteiger partial charge in [0.2, 0.25) is 0 Å². The van der Waals surface area contributed by atoms with Crippen LogP contribution in [0, 0.1) is 14.9 Å². The lowest BCUT2D eigenvalue weighted by Gasteiger charge is -1.95. The summed E-state index contributed by atoms with van der Waals surface area (Å²) in [6.07, 6.45) is 0.502. The quantitative estimate of drug-likeness (QED) is 0.678. The summed E-state index contributed by atoms with van der Waals surface area (Å²) >= 11 is 7.55. The Morgan fingerprint density at radius 2 is 2.29 bits per heavy atom. The number of hydrogen-bond acceptors (Lipinski definition) is 2. The average Bonchev–Trinajstić information content (AvgIpc) is 2.56. The lowest BCUT2D eigenvalue weighted by atomic mass is 10.2. The van der Waals surface area contributed by atoms with Crippen molar-refractivity contribution in [3.8, 4) is 6.07 Å². The van der Waals surface area contributed by atoms with E-state index in [4.69, 9.17) is 5.26 Å². The third kappa shape index (κ3) is 1.81. The Labute approximate surface area is 108 Å². The molecule has 0 atom stereocenters. The van der Waals surface area contributed by atoms with Gasteiger partial charge in [-0.15, -0.1) is 11.3 Å². The number of rotatable bonds is 1. The molecule has 0 spiro atoms. The maximum absolute atomic E-state index is 8.61. The largest absolute Gasteiger partial charge is 0.198 e. The summed E-state index contributed by atoms with van der Waals surface area (Å²) in [4.78, 5) is 1.13. The predicted molar refractivity (Wildman–Crippen MR) is 71.6 cm³/mol. The number of thiophene rings is 1. The summed E-state index contributed by atoms with van der Waals surface area (Å²) in [6.45, 7) is 0. The molecule has 1 aromatic heterocycles. The monoisotopic (exact) mass is 377 g/mol. The Morgan fingerprint density at radius 1 is 1.50 bits per heavy atom. The van der Waals surface area contributed by atoms with Gasteiger partial charge in [0, 0.05) is 17.6 Å². The number of halogens is 2. The van der Waals surface area contributed by atoms with Crippen LogP contribution in [0.3, 0.4) is 0 Å². The van der Waals surface area contributed by atoms with Crippen LogP contribution in [0.5, 0.6) is 0 Å². The maximum Gasteiger partial charge on any atom is 0.0696 e. The molecular weight excluding hydrogens is 373 g/mol. The fourth-order valence-corrected chi connectivity index (χ4v) is 3.53. The number of nitrogens with zero attached hydrogens (tertiary/aromatic N) is 1. The van der Waals surface area contributed by atoms with E-state index >= 15 is 0 Å². The molecule has 0 fully saturated rings. The smallest absolute Gasteiger partial charge is 0.0696 e. The molecule has 0 aliphatic rings. The van der Waals surface area contributed by atoms with Gasteiger partial charge in [0.25, 0.3) is 0 Å². The van der Waals surface area contributed by atoms with E-state index < -0.39 is 0 Å². The zero-order valence-corrected chi connectivity index (χ0v) is 11.6. The fourth-order valence-electron chi connectivity index (χ4n) is 1.26. The second-order valence-electron chi connectivity index (χ2n) is 2.83. The van der Waals surface area contributed by atoms with E-state index in [9.17, 15) is 0 Å². The van der Waals surface area contributed by atoms with E-state index in [1.807, 2.05) is 0 Å². The first-order valence-corrected chi connectivity index (χ1v) is 6.64. The first-order chi connectivity index (χ1) is 6.72. The minimum atomic E-state index is 0.502. The van der Waals surface area contributed by atoms with Crippen molar-refractivity contribution >= 4 is 59.9 Å². The van der Waals surface area contributed by atoms with Crippen molar-refractivity contribution in [2.24, 2.45) is 0 Å². The maximum atomic E-state index is 8.61. The number of hydrogen-bond donors (Lipinski definition) is 0. The van der Waals surface area contributed by atoms with Crippen LogP contribution in [0.4, 0.5) is 0 Å². The Bertz CT molecular complexity index is 527. The van der Waals surface area contributed by atoms with Crippen LogP contribution in [0.2, 0.25) is 0 Å². The van der Waals surface area contributed by atoms with E-state index in [1.54, 1.807) is 11.3 Å². The fraction of sp³-hybridized carbons (Fsp3) is 0.100. The molecular formula is C10H5BrINS. The van der Waals surface area contributed by atoms with Gasteiger partial charge < -0.3 is 0 Å². The molecule has 2 rings (SSSR count). The van der Waals surface area contributed by atoms with Gasteiger partial charge in [0.15, 0.2) is 0 Å². The van der Waals surface area contributed by atoms with Gasteiger partial charge in [-0.1, -0.05) is 6.07 Å². The summed E-state index contributed by atoms with van der Waals surface area (Å²) in [7, 11) is 0. The topological polar surface area (TPSA) is 23.8 Å². The van der Waals surface area contributed by atoms with E-state index in [2.05, 4.69) is 62.8 Å². The highest BCUT2D eigenvalue weighted by atomic mass is 127. The lowest BCUT2D eigenvalue weighted by Crippen LogP contribution is -1.72. The summed E-state index contributed by atoms with van der Waals surface area (Å²) < 4.78 is 3.59. The number of benzene rings is 1. The van der Waals surface area contributed by atoms with Crippen molar-refractivity contribution in [2.75, 3.05) is 0 Å². The molecule has 2 aromatic rings. The molecule has 70 valence electrons. The van der Waals surface area contributed by atoms with Crippen molar-refractivity contribution in [1.29, 1.82) is 5.26 Å². The van der Waals surface area contributed by atoms with Gasteiger partial charge in [-0.3, -0.25) is 0 Å². The van der Waals surface area contributed by atoms with E-state index in [-0.39, 0.29) is 0 Å². The van der Waals surface area contributed by atoms with Crippen molar-refractivity contribution in [2.45, 2.75) is 6.42 Å². The van der Waals surface area contributed by atoms with Gasteiger partial charge >= 0.3 is 0 Å². The molecule has 0 radical (unpaired) electrons. The Morgan fingerprint density at radius 3 is 3.00 bits per heavy atom. The molecule has 1 nitrogen and oxygen atoms in total. The average molecular weight is 378 g/mol. The van der Waals surface area contributed by atoms with Crippen molar-refractivity contribution in [3.05, 3.63) is 31.1 Å². The van der Waals surface area contributed by atoms with Crippen LogP contribution < -0.4 is 0 Å². The highest BCUT2D eigenvalue weighted by molar-refractivity contribution is 14.1. The van der Waals surface area contributed by atoms with Gasteiger partial charge in [-0.25, -0.2) is 0 Å². The van der Waals surface area contributed by atoms with Crippen LogP contribution in [0.15, 0.2) is 22.7 Å². The zero-order chi connectivity index (χ0) is 10.1. The molecule has 0 saturated carbocycles. The molecule has 0 saturated heterocycles. The highest BCUT2D eigenvalue weighted by Crippen LogP contribution is 2.35. The van der Waals surface area contributed by atoms with Crippen LogP contribution in [-0.2, 0) is 6.42 Å². The molecule has 0 aliphatic carbocycles. The minimum absolute atomic E-state index is 0.502. The van der Waals surface area contributed by atoms with Crippen molar-refractivity contribution in [1.82, 2.24) is 0 Å². The molecule has 1 aromatic carbocycles. The summed E-state index contributed by atoms with van der Waals surface area (Å²) in [5.74, 6) is 0. The zero-order valence-electron chi connectivity index (χ0n) is 7.05. The molecule has 0 unspecified atom stereocenters. The first kappa shape index (κ1) is 10.4. The highest BCUT2D eigenvalue weighted by Gasteiger charge is 2.07. The third-order valence-corrected chi connectivity index (χ3v) is 5.78. The van der Waals surface area contributed by atoms with Gasteiger partial charge in [0.1, 0.15) is 0 Å². The van der Waals surface area contributed by atoms with Crippen LogP contribution >= 0.6 is 49.9 Å². The number of nitriles is 1. The van der Waals surface area contributed by atoms with E-state index in [0.717, 1.165) is 9.35 Å². The molecule has 0 amide bonds. The molecule has 1 heterocycles. The molecule has 0 N–H and O–H groups in total. The minimum Gasteiger partial charge on any atom is -0.198 e. The second-order valence-corrected chi connectivity index (χ2v) is 5.92. The van der Waals surface area contributed by atoms with E-state index in [1.165, 1.54) is 13.7 Å². The predicted octanol–water partition coefficient (Wildman–Crippen LogP) is 4.33. The number of fused-ring (bicyclic) bond motifs is 1.